The fourth-order valence-electron chi connectivity index (χ4n) is 1.15. The smallest absolute Gasteiger partial charge is 0.460 e. The summed E-state index contributed by atoms with van der Waals surface area (Å²) in [5.74, 6) is -2.72. The first-order valence-electron chi connectivity index (χ1n) is 4.90. The summed E-state index contributed by atoms with van der Waals surface area (Å²) < 4.78 is 43.9. The fraction of sp³-hybridized carbons (Fsp3) is 0.273. The molecule has 0 bridgehead atoms. The molecule has 0 unspecified atom stereocenters. The highest BCUT2D eigenvalue weighted by atomic mass is 19.4. The molecule has 7 heteroatoms. The van der Waals surface area contributed by atoms with Crippen molar-refractivity contribution in [1.29, 1.82) is 0 Å². The molecule has 0 aromatic heterocycles. The molecule has 0 heterocycles. The number of carbonyl (C=O) groups excluding carboxylic acids is 2. The van der Waals surface area contributed by atoms with Gasteiger partial charge in [0.1, 0.15) is 5.75 Å². The van der Waals surface area contributed by atoms with Crippen molar-refractivity contribution in [3.63, 3.8) is 0 Å². The highest BCUT2D eigenvalue weighted by Crippen LogP contribution is 2.23. The van der Waals surface area contributed by atoms with Crippen LogP contribution in [0.25, 0.3) is 0 Å². The second kappa shape index (κ2) is 5.52. The summed E-state index contributed by atoms with van der Waals surface area (Å²) in [7, 11) is 0. The van der Waals surface area contributed by atoms with E-state index in [1.54, 1.807) is 0 Å². The molecule has 0 spiro atoms. The quantitative estimate of drug-likeness (QED) is 0.474. The summed E-state index contributed by atoms with van der Waals surface area (Å²) in [4.78, 5) is 22.5. The van der Waals surface area contributed by atoms with E-state index in [2.05, 4.69) is 9.47 Å². The number of benzene rings is 1. The zero-order chi connectivity index (χ0) is 13.8. The summed E-state index contributed by atoms with van der Waals surface area (Å²) in [6.45, 7) is 1.51. The predicted molar refractivity (Wildman–Crippen MR) is 54.1 cm³/mol. The number of halogens is 3. The Morgan fingerprint density at radius 3 is 2.50 bits per heavy atom. The molecule has 18 heavy (non-hydrogen) atoms. The number of alkyl halides is 3. The number of esters is 1. The minimum atomic E-state index is -4.86. The summed E-state index contributed by atoms with van der Waals surface area (Å²) in [6, 6.07) is 4.22. The molecule has 0 aliphatic rings. The van der Waals surface area contributed by atoms with Crippen molar-refractivity contribution in [3.05, 3.63) is 29.8 Å². The molecular weight excluding hydrogens is 253 g/mol. The van der Waals surface area contributed by atoms with Crippen LogP contribution in [0.3, 0.4) is 0 Å². The van der Waals surface area contributed by atoms with Gasteiger partial charge in [-0.2, -0.15) is 0 Å². The largest absolute Gasteiger partial charge is 0.573 e. The van der Waals surface area contributed by atoms with Crippen LogP contribution in [0.5, 0.6) is 5.75 Å². The van der Waals surface area contributed by atoms with Crippen LogP contribution < -0.4 is 4.74 Å². The number of Topliss-reactive ketones (excluding diaryl/α,β-unsaturated/α-hetero) is 1. The van der Waals surface area contributed by atoms with E-state index in [4.69, 9.17) is 0 Å². The summed E-state index contributed by atoms with van der Waals surface area (Å²) in [5.41, 5.74) is -0.227. The molecule has 0 fully saturated rings. The van der Waals surface area contributed by atoms with E-state index < -0.39 is 23.9 Å². The molecule has 0 radical (unpaired) electrons. The average Bonchev–Trinajstić information content (AvgIpc) is 2.26. The van der Waals surface area contributed by atoms with Crippen molar-refractivity contribution >= 4 is 11.8 Å². The van der Waals surface area contributed by atoms with Gasteiger partial charge in [0.15, 0.2) is 0 Å². The molecule has 0 amide bonds. The van der Waals surface area contributed by atoms with Gasteiger partial charge in [-0.3, -0.25) is 4.79 Å². The van der Waals surface area contributed by atoms with Gasteiger partial charge in [0.05, 0.1) is 6.61 Å². The molecule has 0 aliphatic carbocycles. The minimum absolute atomic E-state index is 0.00329. The molecule has 0 saturated carbocycles. The van der Waals surface area contributed by atoms with Crippen LogP contribution in [-0.4, -0.2) is 24.7 Å². The van der Waals surface area contributed by atoms with Crippen LogP contribution in [0.1, 0.15) is 17.3 Å². The van der Waals surface area contributed by atoms with E-state index in [9.17, 15) is 22.8 Å². The van der Waals surface area contributed by atoms with Crippen LogP contribution in [0, 0.1) is 0 Å². The van der Waals surface area contributed by atoms with E-state index in [0.717, 1.165) is 12.1 Å². The third-order valence-corrected chi connectivity index (χ3v) is 1.79. The SMILES string of the molecule is CCOC(=O)C(=O)c1cccc(OC(F)(F)F)c1. The lowest BCUT2D eigenvalue weighted by atomic mass is 10.1. The number of hydrogen-bond donors (Lipinski definition) is 0. The Bertz CT molecular complexity index is 454. The van der Waals surface area contributed by atoms with E-state index in [0.29, 0.717) is 0 Å². The van der Waals surface area contributed by atoms with Crippen LogP contribution in [-0.2, 0) is 9.53 Å². The van der Waals surface area contributed by atoms with Crippen LogP contribution in [0.4, 0.5) is 13.2 Å². The van der Waals surface area contributed by atoms with Crippen LogP contribution >= 0.6 is 0 Å². The Hall–Kier alpha value is -2.05. The molecular formula is C11H9F3O4. The Morgan fingerprint density at radius 2 is 1.94 bits per heavy atom. The first kappa shape index (κ1) is 14.0. The number of hydrogen-bond acceptors (Lipinski definition) is 4. The maximum absolute atomic E-state index is 12.0. The van der Waals surface area contributed by atoms with E-state index in [-0.39, 0.29) is 12.2 Å². The van der Waals surface area contributed by atoms with Crippen molar-refractivity contribution in [3.8, 4) is 5.75 Å². The number of ether oxygens (including phenoxy) is 2. The predicted octanol–water partition coefficient (Wildman–Crippen LogP) is 2.33. The first-order chi connectivity index (χ1) is 8.33. The Labute approximate surface area is 100 Å². The second-order valence-electron chi connectivity index (χ2n) is 3.13. The lowest BCUT2D eigenvalue weighted by molar-refractivity contribution is -0.274. The first-order valence-corrected chi connectivity index (χ1v) is 4.90. The highest BCUT2D eigenvalue weighted by molar-refractivity contribution is 6.40. The molecule has 98 valence electrons. The van der Waals surface area contributed by atoms with Crippen LogP contribution in [0.15, 0.2) is 24.3 Å². The summed E-state index contributed by atoms with van der Waals surface area (Å²) in [6.07, 6.45) is -4.86. The minimum Gasteiger partial charge on any atom is -0.460 e. The van der Waals surface area contributed by atoms with Crippen LogP contribution in [0.2, 0.25) is 0 Å². The molecule has 1 aromatic carbocycles. The molecule has 4 nitrogen and oxygen atoms in total. The molecule has 1 aromatic rings. The average molecular weight is 262 g/mol. The van der Waals surface area contributed by atoms with Gasteiger partial charge in [-0.1, -0.05) is 12.1 Å². The Kier molecular flexibility index (Phi) is 4.30. The number of rotatable bonds is 4. The van der Waals surface area contributed by atoms with Crippen molar-refractivity contribution < 1.29 is 32.2 Å². The van der Waals surface area contributed by atoms with Gasteiger partial charge in [-0.15, -0.1) is 13.2 Å². The Morgan fingerprint density at radius 1 is 1.28 bits per heavy atom. The molecule has 0 atom stereocenters. The molecule has 0 saturated heterocycles. The summed E-state index contributed by atoms with van der Waals surface area (Å²) >= 11 is 0. The van der Waals surface area contributed by atoms with E-state index in [1.165, 1.54) is 19.1 Å². The molecule has 1 rings (SSSR count). The molecule has 0 aliphatic heterocycles. The number of ketones is 1. The lowest BCUT2D eigenvalue weighted by Crippen LogP contribution is -2.19. The lowest BCUT2D eigenvalue weighted by Gasteiger charge is -2.09. The van der Waals surface area contributed by atoms with Crippen molar-refractivity contribution in [1.82, 2.24) is 0 Å². The van der Waals surface area contributed by atoms with Crippen molar-refractivity contribution in [2.24, 2.45) is 0 Å². The van der Waals surface area contributed by atoms with Gasteiger partial charge in [-0.05, 0) is 19.1 Å². The van der Waals surface area contributed by atoms with E-state index >= 15 is 0 Å². The monoisotopic (exact) mass is 262 g/mol. The number of carbonyl (C=O) groups is 2. The zero-order valence-corrected chi connectivity index (χ0v) is 9.28. The van der Waals surface area contributed by atoms with Gasteiger partial charge in [0, 0.05) is 5.56 Å². The Balaban J connectivity index is 2.88. The van der Waals surface area contributed by atoms with Crippen molar-refractivity contribution in [2.45, 2.75) is 13.3 Å². The maximum atomic E-state index is 12.0. The van der Waals surface area contributed by atoms with Gasteiger partial charge in [0.2, 0.25) is 0 Å². The second-order valence-corrected chi connectivity index (χ2v) is 3.13. The van der Waals surface area contributed by atoms with Gasteiger partial charge < -0.3 is 9.47 Å². The van der Waals surface area contributed by atoms with E-state index in [1.807, 2.05) is 0 Å². The normalized spacial score (nSPS) is 10.9. The molecule has 0 N–H and O–H groups in total. The van der Waals surface area contributed by atoms with Crippen molar-refractivity contribution in [2.75, 3.05) is 6.61 Å². The summed E-state index contributed by atoms with van der Waals surface area (Å²) in [5, 5.41) is 0. The maximum Gasteiger partial charge on any atom is 0.573 e. The third-order valence-electron chi connectivity index (χ3n) is 1.79. The van der Waals surface area contributed by atoms with Gasteiger partial charge in [0.25, 0.3) is 5.78 Å². The van der Waals surface area contributed by atoms with Gasteiger partial charge in [-0.25, -0.2) is 4.79 Å². The topological polar surface area (TPSA) is 52.6 Å². The fourth-order valence-corrected chi connectivity index (χ4v) is 1.15. The zero-order valence-electron chi connectivity index (χ0n) is 9.28. The standard InChI is InChI=1S/C11H9F3O4/c1-2-17-10(16)9(15)7-4-3-5-8(6-7)18-11(12,13)14/h3-6H,2H2,1H3. The highest BCUT2D eigenvalue weighted by Gasteiger charge is 2.31. The van der Waals surface area contributed by atoms with Gasteiger partial charge >= 0.3 is 12.3 Å². The third kappa shape index (κ3) is 4.08.